The molecular weight excluding hydrogens is 404 g/mol. The summed E-state index contributed by atoms with van der Waals surface area (Å²) in [4.78, 5) is 26.8. The minimum absolute atomic E-state index is 0. The van der Waals surface area contributed by atoms with Crippen LogP contribution in [0.25, 0.3) is 22.4 Å². The third-order valence-electron chi connectivity index (χ3n) is 5.53. The number of H-pyrrole nitrogens is 1. The number of carboxylic acids is 1. The maximum absolute atomic E-state index is 14.4. The molecule has 0 radical (unpaired) electrons. The van der Waals surface area contributed by atoms with Crippen LogP contribution < -0.4 is 5.32 Å². The van der Waals surface area contributed by atoms with E-state index in [1.165, 1.54) is 6.07 Å². The van der Waals surface area contributed by atoms with Crippen molar-refractivity contribution >= 4 is 35.2 Å². The van der Waals surface area contributed by atoms with Crippen molar-refractivity contribution in [1.29, 1.82) is 0 Å². The second kappa shape index (κ2) is 7.07. The molecule has 2 bridgehead atoms. The van der Waals surface area contributed by atoms with E-state index in [1.54, 1.807) is 6.20 Å². The van der Waals surface area contributed by atoms with E-state index in [-0.39, 0.29) is 35.9 Å². The van der Waals surface area contributed by atoms with E-state index in [1.807, 2.05) is 12.2 Å². The molecular formula is C19H16ClF2N5O2. The summed E-state index contributed by atoms with van der Waals surface area (Å²) in [6.45, 7) is 0. The number of nitrogens with zero attached hydrogens (tertiary/aromatic N) is 3. The number of rotatable bonds is 4. The Morgan fingerprint density at radius 3 is 2.79 bits per heavy atom. The first-order chi connectivity index (χ1) is 13.5. The summed E-state index contributed by atoms with van der Waals surface area (Å²) in [7, 11) is 0. The fourth-order valence-electron chi connectivity index (χ4n) is 4.27. The molecule has 150 valence electrons. The number of pyridine rings is 1. The number of anilines is 1. The Balaban J connectivity index is 0.00000205. The van der Waals surface area contributed by atoms with Crippen LogP contribution in [0, 0.1) is 29.4 Å². The van der Waals surface area contributed by atoms with Gasteiger partial charge in [0.2, 0.25) is 0 Å². The number of carbonyl (C=O) groups is 1. The second-order valence-electron chi connectivity index (χ2n) is 7.12. The van der Waals surface area contributed by atoms with Gasteiger partial charge in [0.1, 0.15) is 11.5 Å². The summed E-state index contributed by atoms with van der Waals surface area (Å²) in [6, 6.07) is 0.849. The number of fused-ring (bicyclic) bond motifs is 3. The molecule has 2 unspecified atom stereocenters. The van der Waals surface area contributed by atoms with E-state index in [9.17, 15) is 18.7 Å². The zero-order chi connectivity index (χ0) is 19.4. The lowest BCUT2D eigenvalue weighted by Gasteiger charge is -2.26. The zero-order valence-electron chi connectivity index (χ0n) is 14.8. The molecule has 5 rings (SSSR count). The molecule has 3 aromatic rings. The van der Waals surface area contributed by atoms with Gasteiger partial charge in [0, 0.05) is 23.2 Å². The van der Waals surface area contributed by atoms with Gasteiger partial charge in [0.25, 0.3) is 0 Å². The van der Waals surface area contributed by atoms with Gasteiger partial charge in [-0.3, -0.25) is 4.79 Å². The molecule has 1 saturated carbocycles. The van der Waals surface area contributed by atoms with Crippen molar-refractivity contribution in [2.75, 3.05) is 5.32 Å². The summed E-state index contributed by atoms with van der Waals surface area (Å²) in [6.07, 6.45) is 8.30. The molecule has 0 aromatic carbocycles. The van der Waals surface area contributed by atoms with E-state index in [0.717, 1.165) is 18.8 Å². The highest BCUT2D eigenvalue weighted by Crippen LogP contribution is 2.45. The van der Waals surface area contributed by atoms with Crippen molar-refractivity contribution in [1.82, 2.24) is 19.9 Å². The minimum atomic E-state index is -0.915. The third-order valence-corrected chi connectivity index (χ3v) is 5.53. The summed E-state index contributed by atoms with van der Waals surface area (Å²) in [5.74, 6) is -2.67. The first-order valence-electron chi connectivity index (χ1n) is 8.84. The Labute approximate surface area is 169 Å². The molecule has 3 N–H and O–H groups in total. The van der Waals surface area contributed by atoms with Gasteiger partial charge in [-0.25, -0.2) is 23.7 Å². The third kappa shape index (κ3) is 3.11. The summed E-state index contributed by atoms with van der Waals surface area (Å²) in [5.41, 5.74) is 0.940. The number of aromatic amines is 1. The Morgan fingerprint density at radius 1 is 1.21 bits per heavy atom. The van der Waals surface area contributed by atoms with Crippen LogP contribution in [-0.2, 0) is 4.79 Å². The molecule has 0 saturated heterocycles. The quantitative estimate of drug-likeness (QED) is 0.560. The normalized spacial score (nSPS) is 24.6. The lowest BCUT2D eigenvalue weighted by atomic mass is 9.89. The maximum atomic E-state index is 14.4. The Kier molecular flexibility index (Phi) is 4.70. The van der Waals surface area contributed by atoms with Gasteiger partial charge < -0.3 is 15.4 Å². The summed E-state index contributed by atoms with van der Waals surface area (Å²) < 4.78 is 28.0. The summed E-state index contributed by atoms with van der Waals surface area (Å²) >= 11 is 0. The average Bonchev–Trinajstić information content (AvgIpc) is 3.37. The molecule has 2 aliphatic carbocycles. The van der Waals surface area contributed by atoms with Crippen LogP contribution >= 0.6 is 12.4 Å². The van der Waals surface area contributed by atoms with Crippen LogP contribution in [-0.4, -0.2) is 37.1 Å². The molecule has 2 aliphatic rings. The number of hydrogen-bond donors (Lipinski definition) is 3. The highest BCUT2D eigenvalue weighted by atomic mass is 35.5. The number of allylic oxidation sites excluding steroid dienone is 1. The maximum Gasteiger partial charge on any atom is 0.309 e. The van der Waals surface area contributed by atoms with Crippen LogP contribution in [0.15, 0.2) is 36.8 Å². The van der Waals surface area contributed by atoms with Gasteiger partial charge in [-0.05, 0) is 24.3 Å². The van der Waals surface area contributed by atoms with Crippen LogP contribution in [0.5, 0.6) is 0 Å². The predicted octanol–water partition coefficient (Wildman–Crippen LogP) is 3.41. The van der Waals surface area contributed by atoms with E-state index in [2.05, 4.69) is 25.3 Å². The van der Waals surface area contributed by atoms with Crippen LogP contribution in [0.3, 0.4) is 0 Å². The van der Waals surface area contributed by atoms with Gasteiger partial charge in [-0.2, -0.15) is 0 Å². The number of nitrogens with one attached hydrogen (secondary N) is 2. The van der Waals surface area contributed by atoms with Crippen molar-refractivity contribution < 1.29 is 18.7 Å². The second-order valence-corrected chi connectivity index (χ2v) is 7.12. The molecule has 3 heterocycles. The molecule has 10 heteroatoms. The fraction of sp³-hybridized carbons (Fsp3) is 0.263. The number of hydrogen-bond acceptors (Lipinski definition) is 5. The van der Waals surface area contributed by atoms with Crippen LogP contribution in [0.1, 0.15) is 6.42 Å². The number of aromatic nitrogens is 4. The molecule has 29 heavy (non-hydrogen) atoms. The van der Waals surface area contributed by atoms with E-state index >= 15 is 0 Å². The lowest BCUT2D eigenvalue weighted by molar-refractivity contribution is -0.142. The molecule has 3 aromatic heterocycles. The highest BCUT2D eigenvalue weighted by Gasteiger charge is 2.48. The number of carboxylic acid groups (broad SMARTS) is 1. The first-order valence-corrected chi connectivity index (χ1v) is 8.84. The SMILES string of the molecule is Cl.O=C(O)[C@H]1C2C=CC(C2)[C@@H]1Nc1nc(-c2c[nH]c3ncc(F)cc23)ncc1F. The minimum Gasteiger partial charge on any atom is -0.481 e. The van der Waals surface area contributed by atoms with Gasteiger partial charge >= 0.3 is 5.97 Å². The van der Waals surface area contributed by atoms with Crippen molar-refractivity contribution in [3.8, 4) is 11.4 Å². The monoisotopic (exact) mass is 419 g/mol. The molecule has 1 fully saturated rings. The van der Waals surface area contributed by atoms with Gasteiger partial charge in [-0.15, -0.1) is 12.4 Å². The van der Waals surface area contributed by atoms with Crippen LogP contribution in [0.2, 0.25) is 0 Å². The van der Waals surface area contributed by atoms with Gasteiger partial charge in [0.05, 0.1) is 18.3 Å². The Bertz CT molecular complexity index is 1130. The Morgan fingerprint density at radius 2 is 2.00 bits per heavy atom. The largest absolute Gasteiger partial charge is 0.481 e. The predicted molar refractivity (Wildman–Crippen MR) is 104 cm³/mol. The smallest absolute Gasteiger partial charge is 0.309 e. The topological polar surface area (TPSA) is 104 Å². The van der Waals surface area contributed by atoms with E-state index in [4.69, 9.17) is 0 Å². The standard InChI is InChI=1S/C19H15F2N5O2.ClH/c20-10-4-11-12(6-23-16(11)22-5-10)17-24-7-13(21)18(26-17)25-15-9-2-1-8(3-9)14(15)19(27)28;/h1-2,4-9,14-15H,3H2,(H,22,23)(H,27,28)(H,24,25,26);1H/t8?,9?,14-,15-;/m0./s1. The molecule has 0 spiro atoms. The molecule has 0 amide bonds. The van der Waals surface area contributed by atoms with Crippen molar-refractivity contribution in [3.63, 3.8) is 0 Å². The molecule has 4 atom stereocenters. The highest BCUT2D eigenvalue weighted by molar-refractivity contribution is 5.91. The summed E-state index contributed by atoms with van der Waals surface area (Å²) in [5, 5.41) is 13.0. The fourth-order valence-corrected chi connectivity index (χ4v) is 4.27. The van der Waals surface area contributed by atoms with E-state index in [0.29, 0.717) is 16.6 Å². The first kappa shape index (κ1) is 19.3. The number of halogens is 3. The molecule has 7 nitrogen and oxygen atoms in total. The van der Waals surface area contributed by atoms with Gasteiger partial charge in [-0.1, -0.05) is 12.2 Å². The van der Waals surface area contributed by atoms with Crippen molar-refractivity contribution in [2.45, 2.75) is 12.5 Å². The number of aliphatic carboxylic acids is 1. The Hall–Kier alpha value is -3.07. The van der Waals surface area contributed by atoms with E-state index < -0.39 is 29.6 Å². The van der Waals surface area contributed by atoms with Crippen molar-refractivity contribution in [3.05, 3.63) is 48.4 Å². The van der Waals surface area contributed by atoms with Crippen molar-refractivity contribution in [2.24, 2.45) is 17.8 Å². The van der Waals surface area contributed by atoms with Gasteiger partial charge in [0.15, 0.2) is 17.5 Å². The molecule has 0 aliphatic heterocycles. The lowest BCUT2D eigenvalue weighted by Crippen LogP contribution is -2.38. The average molecular weight is 420 g/mol. The zero-order valence-corrected chi connectivity index (χ0v) is 15.7. The van der Waals surface area contributed by atoms with Crippen LogP contribution in [0.4, 0.5) is 14.6 Å².